The summed E-state index contributed by atoms with van der Waals surface area (Å²) in [6, 6.07) is 13.2. The summed E-state index contributed by atoms with van der Waals surface area (Å²) < 4.78 is 16.0. The third kappa shape index (κ3) is 5.61. The number of esters is 1. The molecule has 10 nitrogen and oxygen atoms in total. The van der Waals surface area contributed by atoms with Crippen molar-refractivity contribution in [2.24, 2.45) is 0 Å². The minimum absolute atomic E-state index is 0.0560. The van der Waals surface area contributed by atoms with Gasteiger partial charge in [-0.05, 0) is 55.0 Å². The number of ether oxygens (including phenoxy) is 2. The number of carbonyl (C=O) groups excluding carboxylic acids is 2. The largest absolute Gasteiger partial charge is 0.465 e. The van der Waals surface area contributed by atoms with Crippen LogP contribution < -0.4 is 10.2 Å². The molecule has 1 aliphatic heterocycles. The number of morpholine rings is 1. The van der Waals surface area contributed by atoms with Crippen molar-refractivity contribution in [2.75, 3.05) is 43.6 Å². The van der Waals surface area contributed by atoms with Gasteiger partial charge in [0.05, 0.1) is 42.1 Å². The van der Waals surface area contributed by atoms with E-state index in [-0.39, 0.29) is 5.69 Å². The van der Waals surface area contributed by atoms with E-state index in [1.54, 1.807) is 49.4 Å². The van der Waals surface area contributed by atoms with Crippen molar-refractivity contribution in [1.82, 2.24) is 0 Å². The Balaban J connectivity index is 1.48. The van der Waals surface area contributed by atoms with Gasteiger partial charge in [0.1, 0.15) is 11.5 Å². The molecule has 1 aromatic heterocycles. The van der Waals surface area contributed by atoms with E-state index in [0.29, 0.717) is 60.3 Å². The number of hydrogen-bond donors (Lipinski definition) is 1. The van der Waals surface area contributed by atoms with Crippen molar-refractivity contribution < 1.29 is 28.4 Å². The number of nitro benzene ring substituents is 1. The highest BCUT2D eigenvalue weighted by Crippen LogP contribution is 2.32. The Morgan fingerprint density at radius 3 is 2.61 bits per heavy atom. The van der Waals surface area contributed by atoms with E-state index in [1.807, 2.05) is 4.90 Å². The molecule has 0 saturated carbocycles. The summed E-state index contributed by atoms with van der Waals surface area (Å²) in [5.41, 5.74) is 2.55. The maximum atomic E-state index is 12.5. The molecule has 1 N–H and O–H groups in total. The molecule has 0 spiro atoms. The Kier molecular flexibility index (Phi) is 7.45. The Hall–Kier alpha value is -4.44. The van der Waals surface area contributed by atoms with E-state index in [1.165, 1.54) is 25.3 Å². The number of hydrogen-bond acceptors (Lipinski definition) is 8. The first-order chi connectivity index (χ1) is 17.4. The summed E-state index contributed by atoms with van der Waals surface area (Å²) in [7, 11) is 1.31. The first-order valence-electron chi connectivity index (χ1n) is 11.2. The Labute approximate surface area is 207 Å². The molecular formula is C26H25N3O7. The van der Waals surface area contributed by atoms with E-state index in [2.05, 4.69) is 5.32 Å². The van der Waals surface area contributed by atoms with Crippen LogP contribution in [0.3, 0.4) is 0 Å². The van der Waals surface area contributed by atoms with Gasteiger partial charge in [-0.2, -0.15) is 0 Å². The highest BCUT2D eigenvalue weighted by atomic mass is 16.6. The summed E-state index contributed by atoms with van der Waals surface area (Å²) in [6.45, 7) is 4.20. The van der Waals surface area contributed by atoms with Crippen LogP contribution in [0.5, 0.6) is 0 Å². The highest BCUT2D eigenvalue weighted by molar-refractivity contribution is 6.03. The van der Waals surface area contributed by atoms with Gasteiger partial charge in [-0.15, -0.1) is 0 Å². The number of nitrogens with zero attached hydrogens (tertiary/aromatic N) is 2. The van der Waals surface area contributed by atoms with Crippen molar-refractivity contribution in [3.8, 4) is 11.3 Å². The molecule has 10 heteroatoms. The summed E-state index contributed by atoms with van der Waals surface area (Å²) in [5, 5.41) is 14.1. The number of nitrogens with one attached hydrogen (secondary N) is 1. The maximum absolute atomic E-state index is 12.5. The van der Waals surface area contributed by atoms with Crippen LogP contribution in [-0.2, 0) is 14.3 Å². The van der Waals surface area contributed by atoms with Crippen LogP contribution in [0.2, 0.25) is 0 Å². The predicted octanol–water partition coefficient (Wildman–Crippen LogP) is 4.44. The van der Waals surface area contributed by atoms with Crippen molar-refractivity contribution in [1.29, 1.82) is 0 Å². The van der Waals surface area contributed by atoms with Crippen LogP contribution >= 0.6 is 0 Å². The highest BCUT2D eigenvalue weighted by Gasteiger charge is 2.21. The summed E-state index contributed by atoms with van der Waals surface area (Å²) in [6.07, 6.45) is 2.74. The molecule has 1 amide bonds. The molecule has 0 aliphatic carbocycles. The zero-order valence-corrected chi connectivity index (χ0v) is 19.9. The molecule has 2 aromatic carbocycles. The molecule has 0 unspecified atom stereocenters. The predicted molar refractivity (Wildman–Crippen MR) is 134 cm³/mol. The maximum Gasteiger partial charge on any atom is 0.340 e. The molecule has 1 aliphatic rings. The Bertz CT molecular complexity index is 1320. The van der Waals surface area contributed by atoms with Crippen LogP contribution in [0.4, 0.5) is 17.1 Å². The number of rotatable bonds is 7. The van der Waals surface area contributed by atoms with Crippen molar-refractivity contribution in [3.05, 3.63) is 81.6 Å². The second kappa shape index (κ2) is 10.9. The zero-order valence-electron chi connectivity index (χ0n) is 19.9. The second-order valence-corrected chi connectivity index (χ2v) is 8.13. The quantitative estimate of drug-likeness (QED) is 0.223. The number of nitro groups is 1. The van der Waals surface area contributed by atoms with E-state index in [0.717, 1.165) is 5.56 Å². The molecule has 0 radical (unpaired) electrons. The third-order valence-corrected chi connectivity index (χ3v) is 5.66. The molecular weight excluding hydrogens is 466 g/mol. The van der Waals surface area contributed by atoms with Crippen LogP contribution in [0.15, 0.2) is 59.0 Å². The first-order valence-corrected chi connectivity index (χ1v) is 11.2. The molecule has 36 heavy (non-hydrogen) atoms. The Morgan fingerprint density at radius 1 is 1.11 bits per heavy atom. The zero-order chi connectivity index (χ0) is 25.7. The van der Waals surface area contributed by atoms with Gasteiger partial charge in [0.15, 0.2) is 0 Å². The lowest BCUT2D eigenvalue weighted by Crippen LogP contribution is -2.37. The van der Waals surface area contributed by atoms with E-state index in [9.17, 15) is 19.7 Å². The van der Waals surface area contributed by atoms with Crippen molar-refractivity contribution in [2.45, 2.75) is 6.92 Å². The Morgan fingerprint density at radius 2 is 1.89 bits per heavy atom. The second-order valence-electron chi connectivity index (χ2n) is 8.13. The molecule has 2 heterocycles. The molecule has 0 bridgehead atoms. The number of methoxy groups -OCH3 is 1. The van der Waals surface area contributed by atoms with Crippen molar-refractivity contribution >= 4 is 35.0 Å². The van der Waals surface area contributed by atoms with Gasteiger partial charge in [-0.25, -0.2) is 4.79 Å². The van der Waals surface area contributed by atoms with E-state index >= 15 is 0 Å². The van der Waals surface area contributed by atoms with Gasteiger partial charge in [0.25, 0.3) is 5.69 Å². The molecule has 186 valence electrons. The summed E-state index contributed by atoms with van der Waals surface area (Å²) >= 11 is 0. The monoisotopic (exact) mass is 491 g/mol. The minimum atomic E-state index is -0.503. The number of aryl methyl sites for hydroxylation is 1. The van der Waals surface area contributed by atoms with Gasteiger partial charge in [0.2, 0.25) is 5.91 Å². The fourth-order valence-electron chi connectivity index (χ4n) is 3.90. The van der Waals surface area contributed by atoms with E-state index in [4.69, 9.17) is 13.9 Å². The number of furan rings is 1. The number of carbonyl (C=O) groups is 2. The fraction of sp³-hybridized carbons (Fsp3) is 0.231. The topological polar surface area (TPSA) is 124 Å². The third-order valence-electron chi connectivity index (χ3n) is 5.66. The van der Waals surface area contributed by atoms with Crippen molar-refractivity contribution in [3.63, 3.8) is 0 Å². The van der Waals surface area contributed by atoms with Crippen LogP contribution in [0.1, 0.15) is 21.7 Å². The number of amides is 1. The van der Waals surface area contributed by atoms with Gasteiger partial charge < -0.3 is 24.1 Å². The smallest absolute Gasteiger partial charge is 0.340 e. The SMILES string of the molecule is COC(=O)c1cc(NC(=O)/C=C/c2ccc(-c3ccc(C)cc3[N+](=O)[O-])o2)ccc1N1CCOCC1. The molecule has 3 aromatic rings. The molecule has 1 fully saturated rings. The number of anilines is 2. The van der Waals surface area contributed by atoms with Gasteiger partial charge in [0, 0.05) is 30.9 Å². The van der Waals surface area contributed by atoms with E-state index < -0.39 is 16.8 Å². The fourth-order valence-corrected chi connectivity index (χ4v) is 3.90. The lowest BCUT2D eigenvalue weighted by atomic mass is 10.1. The number of benzene rings is 2. The lowest BCUT2D eigenvalue weighted by molar-refractivity contribution is -0.384. The van der Waals surface area contributed by atoms with Crippen LogP contribution in [-0.4, -0.2) is 50.2 Å². The van der Waals surface area contributed by atoms with Gasteiger partial charge in [-0.3, -0.25) is 14.9 Å². The molecule has 4 rings (SSSR count). The minimum Gasteiger partial charge on any atom is -0.465 e. The lowest BCUT2D eigenvalue weighted by Gasteiger charge is -2.30. The summed E-state index contributed by atoms with van der Waals surface area (Å²) in [5.74, 6) is -0.267. The van der Waals surface area contributed by atoms with Gasteiger partial charge >= 0.3 is 5.97 Å². The normalized spacial score (nSPS) is 13.6. The standard InChI is InChI=1S/C26H25N3O7/c1-17-3-7-20(23(15-17)29(32)33)24-9-5-19(36-24)6-10-25(30)27-18-4-8-22(21(16-18)26(31)34-2)28-11-13-35-14-12-28/h3-10,15-16H,11-14H2,1-2H3,(H,27,30)/b10-6+. The van der Waals surface area contributed by atoms with Crippen LogP contribution in [0.25, 0.3) is 17.4 Å². The average Bonchev–Trinajstić information content (AvgIpc) is 3.36. The molecule has 0 atom stereocenters. The first kappa shape index (κ1) is 24.7. The van der Waals surface area contributed by atoms with Crippen LogP contribution in [0, 0.1) is 17.0 Å². The van der Waals surface area contributed by atoms with Gasteiger partial charge in [-0.1, -0.05) is 6.07 Å². The molecule has 1 saturated heterocycles. The summed E-state index contributed by atoms with van der Waals surface area (Å²) in [4.78, 5) is 37.9. The average molecular weight is 492 g/mol.